The third kappa shape index (κ3) is 6.48. The molecule has 2 aliphatic heterocycles. The summed E-state index contributed by atoms with van der Waals surface area (Å²) in [7, 11) is 0. The minimum absolute atomic E-state index is 0.00859. The van der Waals surface area contributed by atoms with E-state index in [2.05, 4.69) is 59.7 Å². The van der Waals surface area contributed by atoms with Crippen LogP contribution in [0.2, 0.25) is 0 Å². The molecule has 6 N–H and O–H groups in total. The van der Waals surface area contributed by atoms with Crippen LogP contribution in [-0.4, -0.2) is 87.1 Å². The molecule has 0 radical (unpaired) electrons. The zero-order valence-corrected chi connectivity index (χ0v) is 25.6. The Morgan fingerprint density at radius 1 is 1.07 bits per heavy atom. The Labute approximate surface area is 255 Å². The molecule has 44 heavy (non-hydrogen) atoms. The van der Waals surface area contributed by atoms with Crippen LogP contribution in [0.15, 0.2) is 17.4 Å². The predicted molar refractivity (Wildman–Crippen MR) is 154 cm³/mol. The molecule has 4 aromatic heterocycles. The standard InChI is InChI=1S/C19H24FN11O9P2S2/c20-7-1-12(31-17-14(28-29-31)18(32)27-19(22)26-17)38-9(7)3-37-42(35,44)40-8-2-11(39-10(8)4-36-41(33,34)43)30-6-25-13-15(21)23-5-24-16(13)30/h5-12H,1-4H2,(H,35,44)(H2,21,23,24)(H2,33,34,43)(H3,22,26,27,32)/t7-,8+,9-,10-,11-,12-,42?/m1/s1. The highest BCUT2D eigenvalue weighted by molar-refractivity contribution is 8.44. The number of aromatic nitrogens is 9. The Bertz CT molecular complexity index is 1860. The number of hydrogen-bond acceptors (Lipinski definition) is 16. The van der Waals surface area contributed by atoms with Crippen molar-refractivity contribution in [3.05, 3.63) is 23.0 Å². The fourth-order valence-corrected chi connectivity index (χ4v) is 6.86. The summed E-state index contributed by atoms with van der Waals surface area (Å²) in [6.45, 7) is -9.49. The second-order valence-corrected chi connectivity index (χ2v) is 15.3. The first-order valence-electron chi connectivity index (χ1n) is 12.6. The number of nitrogens with one attached hydrogen (secondary N) is 1. The van der Waals surface area contributed by atoms with E-state index in [1.54, 1.807) is 0 Å². The van der Waals surface area contributed by atoms with Gasteiger partial charge < -0.3 is 25.8 Å². The van der Waals surface area contributed by atoms with Crippen molar-refractivity contribution in [3.8, 4) is 0 Å². The number of nitrogens with two attached hydrogens (primary N) is 2. The zero-order chi connectivity index (χ0) is 31.4. The minimum Gasteiger partial charge on any atom is -0.382 e. The number of anilines is 2. The monoisotopic (exact) mass is 695 g/mol. The van der Waals surface area contributed by atoms with Gasteiger partial charge in [-0.25, -0.2) is 28.5 Å². The van der Waals surface area contributed by atoms with Crippen molar-refractivity contribution in [2.45, 2.75) is 49.8 Å². The maximum absolute atomic E-state index is 15.0. The van der Waals surface area contributed by atoms with Crippen LogP contribution in [0.3, 0.4) is 0 Å². The molecule has 238 valence electrons. The van der Waals surface area contributed by atoms with Gasteiger partial charge in [-0.3, -0.25) is 27.9 Å². The van der Waals surface area contributed by atoms with E-state index < -0.39 is 69.3 Å². The molecule has 2 unspecified atom stereocenters. The number of nitrogen functional groups attached to an aromatic ring is 2. The second-order valence-electron chi connectivity index (χ2n) is 9.68. The lowest BCUT2D eigenvalue weighted by molar-refractivity contribution is -0.0434. The summed E-state index contributed by atoms with van der Waals surface area (Å²) in [5.41, 5.74) is 11.4. The van der Waals surface area contributed by atoms with E-state index in [0.29, 0.717) is 11.2 Å². The van der Waals surface area contributed by atoms with E-state index in [1.165, 1.54) is 17.2 Å². The molecule has 0 aromatic carbocycles. The van der Waals surface area contributed by atoms with Gasteiger partial charge in [0.05, 0.1) is 19.5 Å². The summed E-state index contributed by atoms with van der Waals surface area (Å²) in [5.74, 6) is -0.0527. The average molecular weight is 696 g/mol. The van der Waals surface area contributed by atoms with E-state index >= 15 is 0 Å². The van der Waals surface area contributed by atoms with Crippen LogP contribution in [0.5, 0.6) is 0 Å². The zero-order valence-electron chi connectivity index (χ0n) is 22.1. The van der Waals surface area contributed by atoms with Gasteiger partial charge in [-0.05, 0) is 0 Å². The fraction of sp³-hybridized carbons (Fsp3) is 0.526. The third-order valence-corrected chi connectivity index (χ3v) is 9.22. The number of aromatic amines is 1. The lowest BCUT2D eigenvalue weighted by Gasteiger charge is -2.23. The number of halogens is 1. The molecule has 0 spiro atoms. The highest BCUT2D eigenvalue weighted by atomic mass is 32.7. The van der Waals surface area contributed by atoms with Gasteiger partial charge in [0.25, 0.3) is 5.56 Å². The third-order valence-electron chi connectivity index (χ3n) is 6.74. The fourth-order valence-electron chi connectivity index (χ4n) is 4.79. The van der Waals surface area contributed by atoms with Gasteiger partial charge >= 0.3 is 13.6 Å². The number of rotatable bonds is 10. The van der Waals surface area contributed by atoms with E-state index in [-0.39, 0.29) is 35.8 Å². The van der Waals surface area contributed by atoms with Crippen LogP contribution < -0.4 is 17.0 Å². The molecule has 4 aromatic rings. The number of hydrogen-bond donors (Lipinski definition) is 6. The molecule has 6 rings (SSSR count). The van der Waals surface area contributed by atoms with Crippen molar-refractivity contribution in [3.63, 3.8) is 0 Å². The highest BCUT2D eigenvalue weighted by Crippen LogP contribution is 2.57. The van der Waals surface area contributed by atoms with Gasteiger partial charge in [0.1, 0.15) is 42.6 Å². The van der Waals surface area contributed by atoms with Crippen molar-refractivity contribution in [1.29, 1.82) is 0 Å². The van der Waals surface area contributed by atoms with E-state index in [4.69, 9.17) is 34.5 Å². The van der Waals surface area contributed by atoms with Crippen LogP contribution in [0.25, 0.3) is 22.3 Å². The Balaban J connectivity index is 1.13. The molecule has 6 heterocycles. The molecule has 0 saturated carbocycles. The Kier molecular flexibility index (Phi) is 8.45. The molecular weight excluding hydrogens is 671 g/mol. The van der Waals surface area contributed by atoms with Gasteiger partial charge in [0.2, 0.25) is 5.95 Å². The number of nitrogens with zero attached hydrogens (tertiary/aromatic N) is 8. The molecule has 0 bridgehead atoms. The van der Waals surface area contributed by atoms with E-state index in [0.717, 1.165) is 4.68 Å². The summed E-state index contributed by atoms with van der Waals surface area (Å²) in [6, 6.07) is 0. The predicted octanol–water partition coefficient (Wildman–Crippen LogP) is 0.918. The summed E-state index contributed by atoms with van der Waals surface area (Å²) in [5, 5.41) is 7.57. The summed E-state index contributed by atoms with van der Waals surface area (Å²) in [6.07, 6.45) is -4.36. The maximum atomic E-state index is 15.0. The maximum Gasteiger partial charge on any atom is 0.386 e. The number of ether oxygens (including phenoxy) is 2. The van der Waals surface area contributed by atoms with Gasteiger partial charge in [0, 0.05) is 12.8 Å². The van der Waals surface area contributed by atoms with Crippen molar-refractivity contribution in [2.24, 2.45) is 0 Å². The number of alkyl halides is 1. The normalized spacial score (nSPS) is 28.5. The molecular formula is C19H24FN11O9P2S2. The second kappa shape index (κ2) is 11.9. The van der Waals surface area contributed by atoms with Crippen molar-refractivity contribution in [2.75, 3.05) is 24.7 Å². The Hall–Kier alpha value is -2.72. The smallest absolute Gasteiger partial charge is 0.382 e. The average Bonchev–Trinajstić information content (AvgIpc) is 3.71. The SMILES string of the molecule is Nc1nc2c(nnn2[C@H]2C[C@@H](F)[C@@H](COP(=O)(S)O[C@H]3C[C@H](n4cnc5c(N)ncnc54)O[C@@H]3COP(=O)(O)S)O2)c(=O)[nH]1. The number of H-pyrrole nitrogens is 1. The lowest BCUT2D eigenvalue weighted by Crippen LogP contribution is -2.28. The first-order chi connectivity index (χ1) is 20.8. The molecule has 20 nitrogen and oxygen atoms in total. The first-order valence-corrected chi connectivity index (χ1v) is 18.0. The van der Waals surface area contributed by atoms with Crippen molar-refractivity contribution in [1.82, 2.24) is 44.5 Å². The largest absolute Gasteiger partial charge is 0.386 e. The van der Waals surface area contributed by atoms with E-state index in [9.17, 15) is 23.2 Å². The minimum atomic E-state index is -4.23. The molecule has 25 heteroatoms. The molecule has 0 amide bonds. The molecule has 8 atom stereocenters. The van der Waals surface area contributed by atoms with Crippen molar-refractivity contribution >= 4 is 72.2 Å². The quantitative estimate of drug-likeness (QED) is 0.0994. The Morgan fingerprint density at radius 2 is 1.82 bits per heavy atom. The highest BCUT2D eigenvalue weighted by Gasteiger charge is 2.44. The van der Waals surface area contributed by atoms with Gasteiger partial charge in [-0.15, -0.1) is 5.10 Å². The molecule has 2 aliphatic rings. The number of fused-ring (bicyclic) bond motifs is 2. The van der Waals surface area contributed by atoms with Crippen molar-refractivity contribution < 1.29 is 41.5 Å². The molecule has 2 fully saturated rings. The van der Waals surface area contributed by atoms with Crippen LogP contribution in [-0.2, 0) is 32.2 Å². The molecule has 0 aliphatic carbocycles. The summed E-state index contributed by atoms with van der Waals surface area (Å²) >= 11 is 7.53. The van der Waals surface area contributed by atoms with Gasteiger partial charge in [-0.2, -0.15) is 9.67 Å². The topological polar surface area (TPSA) is 273 Å². The first kappa shape index (κ1) is 31.3. The lowest BCUT2D eigenvalue weighted by atomic mass is 10.2. The van der Waals surface area contributed by atoms with Crippen LogP contribution in [0.1, 0.15) is 25.3 Å². The number of imidazole rings is 1. The van der Waals surface area contributed by atoms with Gasteiger partial charge in [0.15, 0.2) is 28.9 Å². The van der Waals surface area contributed by atoms with Crippen LogP contribution in [0, 0.1) is 0 Å². The van der Waals surface area contributed by atoms with Crippen LogP contribution in [0.4, 0.5) is 16.2 Å². The Morgan fingerprint density at radius 3 is 2.59 bits per heavy atom. The summed E-state index contributed by atoms with van der Waals surface area (Å²) < 4.78 is 70.1. The number of thiol groups is 2. The van der Waals surface area contributed by atoms with Crippen LogP contribution >= 0.6 is 38.1 Å². The summed E-state index contributed by atoms with van der Waals surface area (Å²) in [4.78, 5) is 40.1. The molecule has 2 saturated heterocycles. The van der Waals surface area contributed by atoms with Gasteiger partial charge in [-0.1, -0.05) is 29.7 Å². The van der Waals surface area contributed by atoms with E-state index in [1.807, 2.05) is 0 Å².